The smallest absolute Gasteiger partial charge is 0.462 e. The molecule has 91 heavy (non-hydrogen) atoms. The van der Waals surface area contributed by atoms with Crippen LogP contribution >= 0.6 is 15.6 Å². The maximum atomic E-state index is 13.0. The monoisotopic (exact) mass is 1340 g/mol. The minimum atomic E-state index is -4.95. The molecule has 0 rings (SSSR count). The zero-order valence-electron chi connectivity index (χ0n) is 59.1. The van der Waals surface area contributed by atoms with Gasteiger partial charge in [0.15, 0.2) is 12.2 Å². The predicted molar refractivity (Wildman–Crippen MR) is 368 cm³/mol. The second kappa shape index (κ2) is 64.1. The maximum Gasteiger partial charge on any atom is 0.472 e. The van der Waals surface area contributed by atoms with Crippen molar-refractivity contribution in [2.75, 3.05) is 39.6 Å². The van der Waals surface area contributed by atoms with Crippen LogP contribution in [-0.2, 0) is 65.4 Å². The van der Waals surface area contributed by atoms with Gasteiger partial charge >= 0.3 is 39.5 Å². The van der Waals surface area contributed by atoms with Gasteiger partial charge in [0.1, 0.15) is 19.3 Å². The van der Waals surface area contributed by atoms with Gasteiger partial charge in [-0.25, -0.2) is 9.13 Å². The molecular formula is C72H140O17P2. The number of carbonyl (C=O) groups is 4. The summed E-state index contributed by atoms with van der Waals surface area (Å²) in [6, 6.07) is 0. The fraction of sp³-hybridized carbons (Fsp3) is 0.944. The first kappa shape index (κ1) is 89.1. The summed E-state index contributed by atoms with van der Waals surface area (Å²) in [4.78, 5) is 72.6. The summed E-state index contributed by atoms with van der Waals surface area (Å²) in [7, 11) is -9.90. The van der Waals surface area contributed by atoms with Crippen LogP contribution in [0, 0.1) is 11.8 Å². The van der Waals surface area contributed by atoms with E-state index < -0.39 is 97.5 Å². The highest BCUT2D eigenvalue weighted by Crippen LogP contribution is 2.45. The van der Waals surface area contributed by atoms with Gasteiger partial charge in [-0.2, -0.15) is 0 Å². The molecule has 0 aliphatic carbocycles. The van der Waals surface area contributed by atoms with Crippen LogP contribution in [0.3, 0.4) is 0 Å². The van der Waals surface area contributed by atoms with Crippen LogP contribution in [0.5, 0.6) is 0 Å². The van der Waals surface area contributed by atoms with Crippen molar-refractivity contribution in [3.63, 3.8) is 0 Å². The average molecular weight is 1340 g/mol. The molecule has 540 valence electrons. The van der Waals surface area contributed by atoms with E-state index in [1.807, 2.05) is 0 Å². The highest BCUT2D eigenvalue weighted by molar-refractivity contribution is 7.47. The third-order valence-electron chi connectivity index (χ3n) is 16.7. The Morgan fingerprint density at radius 1 is 0.297 bits per heavy atom. The van der Waals surface area contributed by atoms with Crippen molar-refractivity contribution < 1.29 is 80.2 Å². The van der Waals surface area contributed by atoms with Gasteiger partial charge in [0.2, 0.25) is 0 Å². The number of hydrogen-bond donors (Lipinski definition) is 3. The Balaban J connectivity index is 5.23. The van der Waals surface area contributed by atoms with E-state index in [-0.39, 0.29) is 25.7 Å². The van der Waals surface area contributed by atoms with E-state index in [0.29, 0.717) is 25.7 Å². The molecule has 0 radical (unpaired) electrons. The maximum absolute atomic E-state index is 13.0. The molecule has 0 aromatic carbocycles. The van der Waals surface area contributed by atoms with Gasteiger partial charge in [-0.05, 0) is 37.5 Å². The second-order valence-corrected chi connectivity index (χ2v) is 29.8. The number of rotatable bonds is 71. The Bertz CT molecular complexity index is 1770. The van der Waals surface area contributed by atoms with Crippen molar-refractivity contribution in [3.8, 4) is 0 Å². The molecule has 0 spiro atoms. The Labute approximate surface area is 556 Å². The topological polar surface area (TPSA) is 237 Å². The number of carbonyl (C=O) groups excluding carboxylic acids is 4. The van der Waals surface area contributed by atoms with Crippen molar-refractivity contribution in [2.45, 2.75) is 387 Å². The molecule has 0 saturated carbocycles. The van der Waals surface area contributed by atoms with Gasteiger partial charge in [0, 0.05) is 25.7 Å². The minimum absolute atomic E-state index is 0.105. The number of unbranched alkanes of at least 4 members (excludes halogenated alkanes) is 41. The Morgan fingerprint density at radius 2 is 0.505 bits per heavy atom. The summed E-state index contributed by atoms with van der Waals surface area (Å²) < 4.78 is 68.3. The quantitative estimate of drug-likeness (QED) is 0.0222. The number of aliphatic hydroxyl groups is 1. The molecule has 0 bridgehead atoms. The summed E-state index contributed by atoms with van der Waals surface area (Å²) in [5.41, 5.74) is 0. The zero-order chi connectivity index (χ0) is 67.2. The van der Waals surface area contributed by atoms with Gasteiger partial charge in [0.25, 0.3) is 0 Å². The molecule has 0 heterocycles. The van der Waals surface area contributed by atoms with Crippen LogP contribution in [-0.4, -0.2) is 96.7 Å². The van der Waals surface area contributed by atoms with Crippen LogP contribution in [0.1, 0.15) is 369 Å². The van der Waals surface area contributed by atoms with E-state index in [2.05, 4.69) is 41.5 Å². The molecule has 2 unspecified atom stereocenters. The molecule has 0 saturated heterocycles. The predicted octanol–water partition coefficient (Wildman–Crippen LogP) is 20.8. The largest absolute Gasteiger partial charge is 0.472 e. The van der Waals surface area contributed by atoms with Crippen LogP contribution in [0.15, 0.2) is 0 Å². The van der Waals surface area contributed by atoms with Crippen molar-refractivity contribution in [1.82, 2.24) is 0 Å². The molecule has 3 N–H and O–H groups in total. The average Bonchev–Trinajstić information content (AvgIpc) is 2.45. The Morgan fingerprint density at radius 3 is 0.747 bits per heavy atom. The SMILES string of the molecule is CCCCCCCCCCCCCCCC(=O)OC[C@H](COP(=O)(O)OC[C@@H](O)COP(=O)(O)OC[C@@H](COC(=O)CCCCCCCCCCC)OC(=O)CCCCCCCCCCCC(C)C)OC(=O)CCCCCCCCCCCCCCCCC(C)C. The van der Waals surface area contributed by atoms with E-state index in [4.69, 9.17) is 37.0 Å². The molecule has 0 fully saturated rings. The first-order valence-corrected chi connectivity index (χ1v) is 40.5. The third kappa shape index (κ3) is 66.5. The number of phosphoric ester groups is 2. The Hall–Kier alpha value is -1.94. The molecule has 19 heteroatoms. The summed E-state index contributed by atoms with van der Waals surface area (Å²) in [6.07, 6.45) is 49.9. The van der Waals surface area contributed by atoms with Gasteiger partial charge < -0.3 is 33.8 Å². The number of phosphoric acid groups is 2. The van der Waals surface area contributed by atoms with Crippen LogP contribution in [0.2, 0.25) is 0 Å². The van der Waals surface area contributed by atoms with Crippen molar-refractivity contribution in [1.29, 1.82) is 0 Å². The van der Waals surface area contributed by atoms with Gasteiger partial charge in [-0.3, -0.25) is 37.3 Å². The second-order valence-electron chi connectivity index (χ2n) is 26.9. The molecule has 5 atom stereocenters. The molecule has 17 nitrogen and oxygen atoms in total. The summed E-state index contributed by atoms with van der Waals surface area (Å²) in [6.45, 7) is 9.55. The molecule has 0 amide bonds. The highest BCUT2D eigenvalue weighted by Gasteiger charge is 2.30. The summed E-state index contributed by atoms with van der Waals surface area (Å²) >= 11 is 0. The Kier molecular flexibility index (Phi) is 62.7. The number of aliphatic hydroxyl groups excluding tert-OH is 1. The zero-order valence-corrected chi connectivity index (χ0v) is 60.9. The van der Waals surface area contributed by atoms with Crippen LogP contribution < -0.4 is 0 Å². The minimum Gasteiger partial charge on any atom is -0.462 e. The highest BCUT2D eigenvalue weighted by atomic mass is 31.2. The number of ether oxygens (including phenoxy) is 4. The first-order valence-electron chi connectivity index (χ1n) is 37.5. The number of esters is 4. The lowest BCUT2D eigenvalue weighted by atomic mass is 10.0. The fourth-order valence-electron chi connectivity index (χ4n) is 10.9. The summed E-state index contributed by atoms with van der Waals surface area (Å²) in [5.74, 6) is -0.590. The fourth-order valence-corrected chi connectivity index (χ4v) is 12.5. The van der Waals surface area contributed by atoms with E-state index in [0.717, 1.165) is 102 Å². The molecule has 0 aliphatic heterocycles. The lowest BCUT2D eigenvalue weighted by Crippen LogP contribution is -2.30. The van der Waals surface area contributed by atoms with Crippen molar-refractivity contribution in [3.05, 3.63) is 0 Å². The lowest BCUT2D eigenvalue weighted by molar-refractivity contribution is -0.161. The van der Waals surface area contributed by atoms with Crippen LogP contribution in [0.25, 0.3) is 0 Å². The first-order chi connectivity index (χ1) is 43.9. The van der Waals surface area contributed by atoms with E-state index in [1.165, 1.54) is 186 Å². The third-order valence-corrected chi connectivity index (χ3v) is 18.6. The van der Waals surface area contributed by atoms with Crippen molar-refractivity contribution >= 4 is 39.5 Å². The van der Waals surface area contributed by atoms with Gasteiger partial charge in [0.05, 0.1) is 26.4 Å². The standard InChI is InChI=1S/C72H140O17P2/c1-7-9-11-13-15-17-18-21-25-31-37-43-49-55-70(75)83-61-68(88-71(76)56-50-44-38-32-26-23-20-19-22-24-29-34-40-46-52-64(3)4)63-87-91(80,81)85-59-66(73)58-84-90(78,79)86-62-67(60-82-69(74)54-48-42-36-28-16-14-12-10-8-2)89-72(77)57-51-45-39-33-27-30-35-41-47-53-65(5)6/h64-68,73H,7-63H2,1-6H3,(H,78,79)(H,80,81)/t66-,67+,68+/m0/s1. The number of hydrogen-bond acceptors (Lipinski definition) is 15. The van der Waals surface area contributed by atoms with E-state index >= 15 is 0 Å². The molecule has 0 aliphatic rings. The summed E-state index contributed by atoms with van der Waals surface area (Å²) in [5, 5.41) is 10.6. The van der Waals surface area contributed by atoms with E-state index in [9.17, 15) is 43.2 Å². The molecular weight excluding hydrogens is 1200 g/mol. The molecule has 0 aromatic rings. The lowest BCUT2D eigenvalue weighted by Gasteiger charge is -2.21. The van der Waals surface area contributed by atoms with Gasteiger partial charge in [-0.15, -0.1) is 0 Å². The van der Waals surface area contributed by atoms with Crippen molar-refractivity contribution in [2.24, 2.45) is 11.8 Å². The van der Waals surface area contributed by atoms with Crippen LogP contribution in [0.4, 0.5) is 0 Å². The van der Waals surface area contributed by atoms with E-state index in [1.54, 1.807) is 0 Å². The normalized spacial score (nSPS) is 14.1. The molecule has 0 aromatic heterocycles. The van der Waals surface area contributed by atoms with Gasteiger partial charge in [-0.1, -0.05) is 318 Å².